The van der Waals surface area contributed by atoms with Gasteiger partial charge in [-0.05, 0) is 25.9 Å². The van der Waals surface area contributed by atoms with Crippen molar-refractivity contribution in [3.05, 3.63) is 0 Å². The molecule has 1 aliphatic carbocycles. The Bertz CT molecular complexity index is 109. The SMILES string of the molecule is CN[C@]12CNC[C@H]1C2. The molecule has 0 bridgehead atoms. The number of fused-ring (bicyclic) bond motifs is 1. The van der Waals surface area contributed by atoms with Crippen molar-refractivity contribution in [2.45, 2.75) is 12.0 Å². The van der Waals surface area contributed by atoms with Crippen LogP contribution >= 0.6 is 0 Å². The van der Waals surface area contributed by atoms with Crippen LogP contribution < -0.4 is 10.6 Å². The predicted octanol–water partition coefficient (Wildman–Crippen LogP) is -0.432. The van der Waals surface area contributed by atoms with Crippen molar-refractivity contribution < 1.29 is 0 Å². The maximum Gasteiger partial charge on any atom is 0.0348 e. The molecule has 2 nitrogen and oxygen atoms in total. The van der Waals surface area contributed by atoms with Gasteiger partial charge in [0.1, 0.15) is 0 Å². The van der Waals surface area contributed by atoms with Gasteiger partial charge < -0.3 is 10.6 Å². The molecule has 2 rings (SSSR count). The van der Waals surface area contributed by atoms with Crippen molar-refractivity contribution in [3.8, 4) is 0 Å². The Kier molecular flexibility index (Phi) is 0.746. The first-order valence-electron chi connectivity index (χ1n) is 3.27. The van der Waals surface area contributed by atoms with Gasteiger partial charge in [0.05, 0.1) is 0 Å². The lowest BCUT2D eigenvalue weighted by Crippen LogP contribution is -2.33. The third-order valence-electron chi connectivity index (χ3n) is 2.56. The van der Waals surface area contributed by atoms with Gasteiger partial charge in [0.2, 0.25) is 0 Å². The summed E-state index contributed by atoms with van der Waals surface area (Å²) in [6, 6.07) is 0. The summed E-state index contributed by atoms with van der Waals surface area (Å²) < 4.78 is 0. The second-order valence-electron chi connectivity index (χ2n) is 2.94. The van der Waals surface area contributed by atoms with Gasteiger partial charge >= 0.3 is 0 Å². The summed E-state index contributed by atoms with van der Waals surface area (Å²) in [5, 5.41) is 6.70. The van der Waals surface area contributed by atoms with Gasteiger partial charge in [-0.1, -0.05) is 0 Å². The molecule has 0 radical (unpaired) electrons. The lowest BCUT2D eigenvalue weighted by Gasteiger charge is -2.07. The van der Waals surface area contributed by atoms with E-state index in [2.05, 4.69) is 17.7 Å². The fourth-order valence-corrected chi connectivity index (χ4v) is 1.73. The highest BCUT2D eigenvalue weighted by molar-refractivity contribution is 5.15. The summed E-state index contributed by atoms with van der Waals surface area (Å²) >= 11 is 0. The number of hydrogen-bond acceptors (Lipinski definition) is 2. The zero-order chi connectivity index (χ0) is 5.61. The monoisotopic (exact) mass is 112 g/mol. The molecule has 2 N–H and O–H groups in total. The third kappa shape index (κ3) is 0.400. The van der Waals surface area contributed by atoms with Crippen molar-refractivity contribution >= 4 is 0 Å². The molecule has 1 aliphatic heterocycles. The van der Waals surface area contributed by atoms with Gasteiger partial charge in [-0.25, -0.2) is 0 Å². The van der Waals surface area contributed by atoms with E-state index in [4.69, 9.17) is 0 Å². The minimum atomic E-state index is 0.542. The molecule has 1 saturated carbocycles. The van der Waals surface area contributed by atoms with Gasteiger partial charge in [0, 0.05) is 12.1 Å². The van der Waals surface area contributed by atoms with Crippen LogP contribution in [0.3, 0.4) is 0 Å². The molecule has 0 spiro atoms. The maximum atomic E-state index is 3.35. The fraction of sp³-hybridized carbons (Fsp3) is 1.00. The Morgan fingerprint density at radius 1 is 1.75 bits per heavy atom. The average molecular weight is 112 g/mol. The van der Waals surface area contributed by atoms with Gasteiger partial charge in [0.15, 0.2) is 0 Å². The Hall–Kier alpha value is -0.0800. The molecule has 1 heterocycles. The van der Waals surface area contributed by atoms with Crippen LogP contribution in [-0.4, -0.2) is 25.7 Å². The Morgan fingerprint density at radius 2 is 2.62 bits per heavy atom. The number of piperidine rings is 1. The Balaban J connectivity index is 2.08. The van der Waals surface area contributed by atoms with E-state index in [9.17, 15) is 0 Å². The largest absolute Gasteiger partial charge is 0.315 e. The number of rotatable bonds is 1. The molecule has 2 atom stereocenters. The molecule has 2 fully saturated rings. The quantitative estimate of drug-likeness (QED) is 0.481. The zero-order valence-electron chi connectivity index (χ0n) is 5.20. The van der Waals surface area contributed by atoms with Crippen molar-refractivity contribution in [1.29, 1.82) is 0 Å². The molecule has 0 unspecified atom stereocenters. The van der Waals surface area contributed by atoms with Gasteiger partial charge in [-0.2, -0.15) is 0 Å². The van der Waals surface area contributed by atoms with E-state index < -0.39 is 0 Å². The highest BCUT2D eigenvalue weighted by atomic mass is 15.1. The summed E-state index contributed by atoms with van der Waals surface area (Å²) in [4.78, 5) is 0. The van der Waals surface area contributed by atoms with E-state index in [-0.39, 0.29) is 0 Å². The molecule has 2 aliphatic rings. The van der Waals surface area contributed by atoms with Crippen LogP contribution in [-0.2, 0) is 0 Å². The first-order valence-corrected chi connectivity index (χ1v) is 3.27. The lowest BCUT2D eigenvalue weighted by atomic mass is 10.3. The Morgan fingerprint density at radius 3 is 2.88 bits per heavy atom. The van der Waals surface area contributed by atoms with Crippen molar-refractivity contribution in [3.63, 3.8) is 0 Å². The van der Waals surface area contributed by atoms with Crippen molar-refractivity contribution in [2.75, 3.05) is 20.1 Å². The van der Waals surface area contributed by atoms with E-state index >= 15 is 0 Å². The highest BCUT2D eigenvalue weighted by Crippen LogP contribution is 2.45. The number of hydrogen-bond donors (Lipinski definition) is 2. The first-order chi connectivity index (χ1) is 3.87. The molecule has 0 amide bonds. The number of likely N-dealkylation sites (N-methyl/N-ethyl adjacent to an activating group) is 1. The summed E-state index contributed by atoms with van der Waals surface area (Å²) in [5.74, 6) is 0.951. The smallest absolute Gasteiger partial charge is 0.0348 e. The predicted molar refractivity (Wildman–Crippen MR) is 32.8 cm³/mol. The Labute approximate surface area is 49.7 Å². The minimum Gasteiger partial charge on any atom is -0.315 e. The van der Waals surface area contributed by atoms with Crippen molar-refractivity contribution in [1.82, 2.24) is 10.6 Å². The van der Waals surface area contributed by atoms with Gasteiger partial charge in [-0.15, -0.1) is 0 Å². The molecule has 1 saturated heterocycles. The van der Waals surface area contributed by atoms with Crippen LogP contribution in [0.2, 0.25) is 0 Å². The molecule has 46 valence electrons. The molecule has 0 aromatic heterocycles. The fourth-order valence-electron chi connectivity index (χ4n) is 1.73. The normalized spacial score (nSPS) is 51.4. The van der Waals surface area contributed by atoms with Crippen LogP contribution in [0, 0.1) is 5.92 Å². The van der Waals surface area contributed by atoms with Crippen LogP contribution in [0.5, 0.6) is 0 Å². The summed E-state index contributed by atoms with van der Waals surface area (Å²) in [7, 11) is 2.06. The van der Waals surface area contributed by atoms with E-state index in [0.717, 1.165) is 5.92 Å². The highest BCUT2D eigenvalue weighted by Gasteiger charge is 2.55. The maximum absolute atomic E-state index is 3.35. The number of nitrogens with one attached hydrogen (secondary N) is 2. The zero-order valence-corrected chi connectivity index (χ0v) is 5.20. The van der Waals surface area contributed by atoms with Crippen LogP contribution in [0.15, 0.2) is 0 Å². The van der Waals surface area contributed by atoms with Crippen LogP contribution in [0.4, 0.5) is 0 Å². The minimum absolute atomic E-state index is 0.542. The third-order valence-corrected chi connectivity index (χ3v) is 2.56. The molecule has 0 aromatic carbocycles. The molecular formula is C6H12N2. The standard InChI is InChI=1S/C6H12N2/c1-7-6-2-5(6)3-8-4-6/h5,7-8H,2-4H2,1H3/t5-,6-/m1/s1. The summed E-state index contributed by atoms with van der Waals surface area (Å²) in [6.45, 7) is 2.43. The van der Waals surface area contributed by atoms with Crippen LogP contribution in [0.1, 0.15) is 6.42 Å². The molecule has 0 aromatic rings. The van der Waals surface area contributed by atoms with E-state index in [1.807, 2.05) is 0 Å². The van der Waals surface area contributed by atoms with Gasteiger partial charge in [-0.3, -0.25) is 0 Å². The van der Waals surface area contributed by atoms with Gasteiger partial charge in [0.25, 0.3) is 0 Å². The summed E-state index contributed by atoms with van der Waals surface area (Å²) in [6.07, 6.45) is 1.40. The van der Waals surface area contributed by atoms with E-state index in [0.29, 0.717) is 5.54 Å². The molecule has 2 heteroatoms. The summed E-state index contributed by atoms with van der Waals surface area (Å²) in [5.41, 5.74) is 0.542. The van der Waals surface area contributed by atoms with Crippen molar-refractivity contribution in [2.24, 2.45) is 5.92 Å². The molecular weight excluding hydrogens is 100 g/mol. The second-order valence-corrected chi connectivity index (χ2v) is 2.94. The van der Waals surface area contributed by atoms with E-state index in [1.54, 1.807) is 0 Å². The van der Waals surface area contributed by atoms with Crippen LogP contribution in [0.25, 0.3) is 0 Å². The first kappa shape index (κ1) is 4.77. The second kappa shape index (κ2) is 1.25. The topological polar surface area (TPSA) is 24.1 Å². The lowest BCUT2D eigenvalue weighted by molar-refractivity contribution is 0.554. The average Bonchev–Trinajstić information content (AvgIpc) is 2.38. The molecule has 8 heavy (non-hydrogen) atoms. The van der Waals surface area contributed by atoms with E-state index in [1.165, 1.54) is 19.5 Å².